The lowest BCUT2D eigenvalue weighted by molar-refractivity contribution is 0.0715. The minimum atomic E-state index is -0.653. The van der Waals surface area contributed by atoms with E-state index in [2.05, 4.69) is 4.84 Å². The molecule has 0 aromatic heterocycles. The van der Waals surface area contributed by atoms with Crippen LogP contribution in [0.5, 0.6) is 0 Å². The van der Waals surface area contributed by atoms with Gasteiger partial charge in [-0.25, -0.2) is 4.84 Å². The fourth-order valence-electron chi connectivity index (χ4n) is 0.189. The summed E-state index contributed by atoms with van der Waals surface area (Å²) in [6.45, 7) is 1.75. The molecule has 0 amide bonds. The molecule has 0 aromatic rings. The zero-order valence-corrected chi connectivity index (χ0v) is 4.09. The molecule has 0 spiro atoms. The minimum absolute atomic E-state index is 0.521. The monoisotopic (exact) mass is 98.0 g/mol. The molecule has 0 saturated carbocycles. The molecule has 0 saturated heterocycles. The van der Waals surface area contributed by atoms with Crippen LogP contribution in [0, 0.1) is 11.3 Å². The molecule has 0 bridgehead atoms. The van der Waals surface area contributed by atoms with Gasteiger partial charge >= 0.3 is 0 Å². The van der Waals surface area contributed by atoms with Gasteiger partial charge < -0.3 is 0 Å². The van der Waals surface area contributed by atoms with E-state index in [1.54, 1.807) is 13.0 Å². The lowest BCUT2D eigenvalue weighted by atomic mass is 10.3. The quantitative estimate of drug-likeness (QED) is 0.466. The summed E-state index contributed by atoms with van der Waals surface area (Å²) in [5, 5.41) is 7.99. The van der Waals surface area contributed by atoms with Crippen molar-refractivity contribution in [3.8, 4) is 6.07 Å². The highest BCUT2D eigenvalue weighted by molar-refractivity contribution is 4.81. The summed E-state index contributed by atoms with van der Waals surface area (Å²) in [6.07, 6.45) is -0.132. The zero-order valence-electron chi connectivity index (χ0n) is 4.09. The first-order chi connectivity index (χ1) is 3.35. The molecule has 2 radical (unpaired) electrons. The van der Waals surface area contributed by atoms with Crippen molar-refractivity contribution in [2.75, 3.05) is 0 Å². The highest BCUT2D eigenvalue weighted by Gasteiger charge is 1.99. The number of rotatable bonds is 2. The summed E-state index contributed by atoms with van der Waals surface area (Å²) < 4.78 is 0. The van der Waals surface area contributed by atoms with E-state index in [9.17, 15) is 0 Å². The summed E-state index contributed by atoms with van der Waals surface area (Å²) in [6, 6.07) is 1.73. The van der Waals surface area contributed by atoms with Crippen molar-refractivity contribution in [2.24, 2.45) is 0 Å². The maximum absolute atomic E-state index is 7.99. The summed E-state index contributed by atoms with van der Waals surface area (Å²) in [5.74, 6) is 7.80. The molecule has 0 heterocycles. The second-order valence-electron chi connectivity index (χ2n) is 1.13. The van der Waals surface area contributed by atoms with Crippen LogP contribution in [-0.4, -0.2) is 6.10 Å². The van der Waals surface area contributed by atoms with Crippen LogP contribution in [0.4, 0.5) is 0 Å². The van der Waals surface area contributed by atoms with Crippen molar-refractivity contribution in [1.82, 2.24) is 5.90 Å². The van der Waals surface area contributed by atoms with Gasteiger partial charge in [-0.2, -0.15) is 5.26 Å². The van der Waals surface area contributed by atoms with E-state index in [1.165, 1.54) is 0 Å². The maximum atomic E-state index is 7.99. The molecular formula is C4H6N2O. The average molecular weight is 98.1 g/mol. The molecule has 0 aliphatic rings. The molecular weight excluding hydrogens is 92.1 g/mol. The van der Waals surface area contributed by atoms with Crippen LogP contribution in [0.1, 0.15) is 13.3 Å². The Balaban J connectivity index is 3.23. The first-order valence-electron chi connectivity index (χ1n) is 2.05. The summed E-state index contributed by atoms with van der Waals surface area (Å²) >= 11 is 0. The Hall–Kier alpha value is -0.590. The third-order valence-corrected chi connectivity index (χ3v) is 0.642. The predicted octanol–water partition coefficient (Wildman–Crippen LogP) is 0.289. The van der Waals surface area contributed by atoms with Crippen molar-refractivity contribution < 1.29 is 4.84 Å². The molecule has 3 nitrogen and oxygen atoms in total. The zero-order chi connectivity index (χ0) is 5.70. The second-order valence-corrected chi connectivity index (χ2v) is 1.13. The van der Waals surface area contributed by atoms with E-state index in [1.807, 2.05) is 0 Å². The van der Waals surface area contributed by atoms with Crippen molar-refractivity contribution in [3.63, 3.8) is 0 Å². The van der Waals surface area contributed by atoms with Gasteiger partial charge in [0.05, 0.1) is 6.07 Å². The lowest BCUT2D eigenvalue weighted by Gasteiger charge is -1.94. The predicted molar refractivity (Wildman–Crippen MR) is 22.9 cm³/mol. The van der Waals surface area contributed by atoms with Crippen LogP contribution in [0.15, 0.2) is 0 Å². The molecule has 0 fully saturated rings. The van der Waals surface area contributed by atoms with Gasteiger partial charge in [0.15, 0.2) is 6.10 Å². The Kier molecular flexibility index (Phi) is 3.29. The number of nitriles is 1. The Morgan fingerprint density at radius 2 is 2.43 bits per heavy atom. The fraction of sp³-hybridized carbons (Fsp3) is 0.750. The normalized spacial score (nSPS) is 12.7. The number of hydrogen-bond acceptors (Lipinski definition) is 2. The van der Waals surface area contributed by atoms with Gasteiger partial charge in [-0.05, 0) is 6.42 Å². The van der Waals surface area contributed by atoms with Crippen molar-refractivity contribution in [1.29, 1.82) is 5.26 Å². The Bertz CT molecular complexity index is 72.2. The van der Waals surface area contributed by atoms with Crippen LogP contribution < -0.4 is 5.90 Å². The van der Waals surface area contributed by atoms with Gasteiger partial charge in [-0.1, -0.05) is 6.92 Å². The number of hydrogen-bond donors (Lipinski definition) is 0. The maximum Gasteiger partial charge on any atom is 0.168 e. The summed E-state index contributed by atoms with van der Waals surface area (Å²) in [4.78, 5) is 3.69. The first kappa shape index (κ1) is 6.41. The van der Waals surface area contributed by atoms with Crippen LogP contribution in [-0.2, 0) is 4.84 Å². The van der Waals surface area contributed by atoms with Gasteiger partial charge in [-0.15, -0.1) is 0 Å². The summed E-state index contributed by atoms with van der Waals surface area (Å²) in [7, 11) is 0. The molecule has 0 rings (SSSR count). The third-order valence-electron chi connectivity index (χ3n) is 0.642. The largest absolute Gasteiger partial charge is 0.245 e. The number of nitrogens with zero attached hydrogens (tertiary/aromatic N) is 2. The van der Waals surface area contributed by atoms with E-state index in [0.29, 0.717) is 6.42 Å². The molecule has 0 aliphatic heterocycles. The van der Waals surface area contributed by atoms with Gasteiger partial charge in [0, 0.05) is 5.90 Å². The van der Waals surface area contributed by atoms with Gasteiger partial charge in [0.2, 0.25) is 0 Å². The summed E-state index contributed by atoms with van der Waals surface area (Å²) in [5.41, 5.74) is 0. The molecule has 1 unspecified atom stereocenters. The minimum Gasteiger partial charge on any atom is -0.245 e. The van der Waals surface area contributed by atoms with E-state index in [0.717, 1.165) is 0 Å². The van der Waals surface area contributed by atoms with Gasteiger partial charge in [0.25, 0.3) is 0 Å². The third kappa shape index (κ3) is 2.15. The second kappa shape index (κ2) is 3.59. The van der Waals surface area contributed by atoms with E-state index < -0.39 is 6.10 Å². The van der Waals surface area contributed by atoms with Crippen molar-refractivity contribution >= 4 is 0 Å². The molecule has 0 aromatic carbocycles. The van der Waals surface area contributed by atoms with Crippen molar-refractivity contribution in [3.05, 3.63) is 0 Å². The van der Waals surface area contributed by atoms with Crippen LogP contribution in [0.25, 0.3) is 0 Å². The van der Waals surface area contributed by atoms with Crippen molar-refractivity contribution in [2.45, 2.75) is 19.4 Å². The fourth-order valence-corrected chi connectivity index (χ4v) is 0.189. The Morgan fingerprint density at radius 1 is 1.86 bits per heavy atom. The Labute approximate surface area is 42.6 Å². The smallest absolute Gasteiger partial charge is 0.168 e. The molecule has 38 valence electrons. The van der Waals surface area contributed by atoms with E-state index >= 15 is 0 Å². The van der Waals surface area contributed by atoms with Gasteiger partial charge in [0.1, 0.15) is 0 Å². The highest BCUT2D eigenvalue weighted by Crippen LogP contribution is 1.89. The Morgan fingerprint density at radius 3 is 2.43 bits per heavy atom. The molecule has 7 heavy (non-hydrogen) atoms. The molecule has 0 aliphatic carbocycles. The van der Waals surface area contributed by atoms with E-state index in [4.69, 9.17) is 11.2 Å². The molecule has 0 N–H and O–H groups in total. The topological polar surface area (TPSA) is 55.3 Å². The van der Waals surface area contributed by atoms with Crippen LogP contribution >= 0.6 is 0 Å². The SMILES string of the molecule is CCC(C#N)O[N]. The van der Waals surface area contributed by atoms with Crippen LogP contribution in [0.3, 0.4) is 0 Å². The van der Waals surface area contributed by atoms with Gasteiger partial charge in [-0.3, -0.25) is 0 Å². The van der Waals surface area contributed by atoms with Crippen LogP contribution in [0.2, 0.25) is 0 Å². The first-order valence-corrected chi connectivity index (χ1v) is 2.05. The van der Waals surface area contributed by atoms with E-state index in [-0.39, 0.29) is 0 Å². The average Bonchev–Trinajstić information content (AvgIpc) is 1.72. The molecule has 1 atom stereocenters. The lowest BCUT2D eigenvalue weighted by Crippen LogP contribution is -2.05. The standard InChI is InChI=1S/C4H6N2O/c1-2-4(3-5)7-6/h4H,2H2,1H3. The molecule has 3 heteroatoms. The highest BCUT2D eigenvalue weighted by atomic mass is 16.6.